The molecule has 0 aliphatic carbocycles. The molecule has 1 aliphatic rings. The van der Waals surface area contributed by atoms with Gasteiger partial charge in [-0.1, -0.05) is 35.9 Å². The molecule has 114 valence electrons. The summed E-state index contributed by atoms with van der Waals surface area (Å²) in [5.41, 5.74) is 0.434. The van der Waals surface area contributed by atoms with Gasteiger partial charge < -0.3 is 4.74 Å². The topological polar surface area (TPSA) is 44.1 Å². The van der Waals surface area contributed by atoms with Crippen molar-refractivity contribution in [1.29, 1.82) is 0 Å². The first-order valence-corrected chi connectivity index (χ1v) is 7.62. The molecule has 0 N–H and O–H groups in total. The van der Waals surface area contributed by atoms with E-state index in [1.165, 1.54) is 0 Å². The van der Waals surface area contributed by atoms with Crippen molar-refractivity contribution in [3.05, 3.63) is 83.4 Å². The summed E-state index contributed by atoms with van der Waals surface area (Å²) in [6, 6.07) is 14.7. The second-order valence-electron chi connectivity index (χ2n) is 5.46. The van der Waals surface area contributed by atoms with Crippen molar-refractivity contribution in [3.8, 4) is 5.75 Å². The fraction of sp³-hybridized carbons (Fsp3) is 0.111. The molecule has 0 amide bonds. The molecule has 0 fully saturated rings. The monoisotopic (exact) mass is 324 g/mol. The maximum Gasteiger partial charge on any atom is 0.221 e. The van der Waals surface area contributed by atoms with Gasteiger partial charge >= 0.3 is 0 Å². The number of aromatic nitrogens is 2. The average molecular weight is 325 g/mol. The molecule has 1 aromatic heterocycles. The zero-order valence-electron chi connectivity index (χ0n) is 12.1. The standard InChI is InChI=1S/C18H13ClN2O2/c19-14-5-3-4-13(10-14)18(21-9-8-20-12-21)11-16(22)15-6-1-2-7-17(15)23-18/h1-10,12H,11H2. The molecule has 3 aromatic rings. The van der Waals surface area contributed by atoms with E-state index in [2.05, 4.69) is 4.98 Å². The lowest BCUT2D eigenvalue weighted by atomic mass is 9.90. The maximum atomic E-state index is 12.7. The van der Waals surface area contributed by atoms with E-state index in [4.69, 9.17) is 16.3 Å². The van der Waals surface area contributed by atoms with E-state index >= 15 is 0 Å². The van der Waals surface area contributed by atoms with Gasteiger partial charge in [0.25, 0.3) is 0 Å². The molecule has 1 unspecified atom stereocenters. The molecule has 0 radical (unpaired) electrons. The van der Waals surface area contributed by atoms with Gasteiger partial charge in [-0.3, -0.25) is 9.36 Å². The van der Waals surface area contributed by atoms with Gasteiger partial charge in [-0.2, -0.15) is 0 Å². The number of Topliss-reactive ketones (excluding diaryl/α,β-unsaturated/α-hetero) is 1. The number of rotatable bonds is 2. The zero-order valence-corrected chi connectivity index (χ0v) is 12.9. The van der Waals surface area contributed by atoms with Gasteiger partial charge in [-0.15, -0.1) is 0 Å². The fourth-order valence-corrected chi connectivity index (χ4v) is 3.17. The van der Waals surface area contributed by atoms with Crippen molar-refractivity contribution in [2.45, 2.75) is 12.1 Å². The number of ketones is 1. The molecule has 0 spiro atoms. The van der Waals surface area contributed by atoms with Gasteiger partial charge in [-0.25, -0.2) is 4.98 Å². The van der Waals surface area contributed by atoms with E-state index in [-0.39, 0.29) is 12.2 Å². The van der Waals surface area contributed by atoms with Crippen LogP contribution in [0, 0.1) is 0 Å². The van der Waals surface area contributed by atoms with Crippen molar-refractivity contribution in [3.63, 3.8) is 0 Å². The summed E-state index contributed by atoms with van der Waals surface area (Å²) in [4.78, 5) is 16.8. The molecule has 4 nitrogen and oxygen atoms in total. The maximum absolute atomic E-state index is 12.7. The Morgan fingerprint density at radius 2 is 2.04 bits per heavy atom. The second-order valence-corrected chi connectivity index (χ2v) is 5.90. The van der Waals surface area contributed by atoms with Gasteiger partial charge in [0.1, 0.15) is 5.75 Å². The third-order valence-electron chi connectivity index (χ3n) is 4.06. The molecule has 23 heavy (non-hydrogen) atoms. The number of benzene rings is 2. The summed E-state index contributed by atoms with van der Waals surface area (Å²) in [7, 11) is 0. The summed E-state index contributed by atoms with van der Waals surface area (Å²) < 4.78 is 8.13. The second kappa shape index (κ2) is 5.25. The van der Waals surface area contributed by atoms with Crippen molar-refractivity contribution in [1.82, 2.24) is 9.55 Å². The lowest BCUT2D eigenvalue weighted by molar-refractivity contribution is 0.0150. The lowest BCUT2D eigenvalue weighted by Gasteiger charge is -2.39. The quantitative estimate of drug-likeness (QED) is 0.718. The Morgan fingerprint density at radius 1 is 1.17 bits per heavy atom. The first kappa shape index (κ1) is 14.0. The Labute approximate surface area is 138 Å². The fourth-order valence-electron chi connectivity index (χ4n) is 2.98. The highest BCUT2D eigenvalue weighted by Crippen LogP contribution is 2.41. The average Bonchev–Trinajstić information content (AvgIpc) is 3.10. The summed E-state index contributed by atoms with van der Waals surface area (Å²) in [5, 5.41) is 0.594. The number of nitrogens with zero attached hydrogens (tertiary/aromatic N) is 2. The van der Waals surface area contributed by atoms with Crippen LogP contribution >= 0.6 is 11.6 Å². The Morgan fingerprint density at radius 3 is 2.83 bits per heavy atom. The van der Waals surface area contributed by atoms with E-state index in [1.54, 1.807) is 30.9 Å². The minimum Gasteiger partial charge on any atom is -0.462 e. The number of halogens is 1. The number of hydrogen-bond acceptors (Lipinski definition) is 3. The van der Waals surface area contributed by atoms with Crippen molar-refractivity contribution in [2.24, 2.45) is 0 Å². The highest BCUT2D eigenvalue weighted by molar-refractivity contribution is 6.30. The summed E-state index contributed by atoms with van der Waals surface area (Å²) >= 11 is 6.16. The molecule has 1 atom stereocenters. The lowest BCUT2D eigenvalue weighted by Crippen LogP contribution is -2.45. The number of carbonyl (C=O) groups is 1. The van der Waals surface area contributed by atoms with Crippen LogP contribution < -0.4 is 4.74 Å². The summed E-state index contributed by atoms with van der Waals surface area (Å²) in [6.45, 7) is 0. The Balaban J connectivity index is 1.94. The normalized spacial score (nSPS) is 20.0. The SMILES string of the molecule is O=C1CC(c2cccc(Cl)c2)(n2ccnc2)Oc2ccccc21. The number of hydrogen-bond donors (Lipinski definition) is 0. The van der Waals surface area contributed by atoms with Crippen LogP contribution in [0.15, 0.2) is 67.3 Å². The smallest absolute Gasteiger partial charge is 0.221 e. The third-order valence-corrected chi connectivity index (χ3v) is 4.30. The molecule has 0 bridgehead atoms. The largest absolute Gasteiger partial charge is 0.462 e. The van der Waals surface area contributed by atoms with Crippen LogP contribution in [0.1, 0.15) is 22.3 Å². The number of ether oxygens (including phenoxy) is 1. The molecule has 1 aliphatic heterocycles. The van der Waals surface area contributed by atoms with Gasteiger partial charge in [-0.05, 0) is 24.3 Å². The molecular weight excluding hydrogens is 312 g/mol. The molecule has 0 saturated carbocycles. The predicted octanol–water partition coefficient (Wildman–Crippen LogP) is 3.90. The summed E-state index contributed by atoms with van der Waals surface area (Å²) in [5.74, 6) is 0.595. The molecule has 2 heterocycles. The number of imidazole rings is 1. The van der Waals surface area contributed by atoms with Crippen LogP contribution in [0.2, 0.25) is 5.02 Å². The van der Waals surface area contributed by atoms with Crippen molar-refractivity contribution >= 4 is 17.4 Å². The van der Waals surface area contributed by atoms with Crippen LogP contribution in [0.3, 0.4) is 0 Å². The first-order chi connectivity index (χ1) is 11.2. The van der Waals surface area contributed by atoms with Crippen LogP contribution in [0.5, 0.6) is 5.75 Å². The molecule has 4 rings (SSSR count). The van der Waals surface area contributed by atoms with Crippen molar-refractivity contribution < 1.29 is 9.53 Å². The Hall–Kier alpha value is -2.59. The van der Waals surface area contributed by atoms with Gasteiger partial charge in [0, 0.05) is 23.0 Å². The van der Waals surface area contributed by atoms with E-state index < -0.39 is 5.72 Å². The van der Waals surface area contributed by atoms with E-state index in [0.717, 1.165) is 5.56 Å². The van der Waals surface area contributed by atoms with Gasteiger partial charge in [0.15, 0.2) is 5.78 Å². The molecule has 5 heteroatoms. The first-order valence-electron chi connectivity index (χ1n) is 7.25. The number of para-hydroxylation sites is 1. The van der Waals surface area contributed by atoms with Crippen LogP contribution in [-0.4, -0.2) is 15.3 Å². The highest BCUT2D eigenvalue weighted by atomic mass is 35.5. The van der Waals surface area contributed by atoms with Crippen LogP contribution in [-0.2, 0) is 5.72 Å². The third kappa shape index (κ3) is 2.23. The minimum absolute atomic E-state index is 0.0283. The van der Waals surface area contributed by atoms with Crippen molar-refractivity contribution in [2.75, 3.05) is 0 Å². The molecule has 2 aromatic carbocycles. The van der Waals surface area contributed by atoms with Gasteiger partial charge in [0.2, 0.25) is 5.72 Å². The Bertz CT molecular complexity index is 876. The van der Waals surface area contributed by atoms with E-state index in [0.29, 0.717) is 16.3 Å². The number of carbonyl (C=O) groups excluding carboxylic acids is 1. The number of fused-ring (bicyclic) bond motifs is 1. The van der Waals surface area contributed by atoms with Crippen LogP contribution in [0.25, 0.3) is 0 Å². The zero-order chi connectivity index (χ0) is 15.9. The Kier molecular flexibility index (Phi) is 3.20. The van der Waals surface area contributed by atoms with Crippen LogP contribution in [0.4, 0.5) is 0 Å². The minimum atomic E-state index is -0.979. The predicted molar refractivity (Wildman–Crippen MR) is 86.8 cm³/mol. The highest BCUT2D eigenvalue weighted by Gasteiger charge is 2.43. The molecular formula is C18H13ClN2O2. The van der Waals surface area contributed by atoms with E-state index in [9.17, 15) is 4.79 Å². The van der Waals surface area contributed by atoms with E-state index in [1.807, 2.05) is 41.0 Å². The van der Waals surface area contributed by atoms with Gasteiger partial charge in [0.05, 0.1) is 18.3 Å². The molecule has 0 saturated heterocycles. The summed E-state index contributed by atoms with van der Waals surface area (Å²) in [6.07, 6.45) is 5.30.